The molecule has 0 amide bonds. The first-order valence-electron chi connectivity index (χ1n) is 7.38. The Balaban J connectivity index is 2.30. The predicted octanol–water partition coefficient (Wildman–Crippen LogP) is 0.758. The Morgan fingerprint density at radius 3 is 2.70 bits per heavy atom. The third-order valence-electron chi connectivity index (χ3n) is 3.98. The van der Waals surface area contributed by atoms with Crippen molar-refractivity contribution in [2.75, 3.05) is 27.3 Å². The number of ether oxygens (including phenoxy) is 2. The number of nitrogens with one attached hydrogen (secondary N) is 2. The zero-order chi connectivity index (χ0) is 17.0. The lowest BCUT2D eigenvalue weighted by molar-refractivity contribution is 0.0597. The van der Waals surface area contributed by atoms with Gasteiger partial charge in [0.25, 0.3) is 0 Å². The molecule has 1 saturated heterocycles. The Bertz CT molecular complexity index is 674. The quantitative estimate of drug-likeness (QED) is 0.767. The van der Waals surface area contributed by atoms with Crippen molar-refractivity contribution in [2.24, 2.45) is 5.92 Å². The second-order valence-corrected chi connectivity index (χ2v) is 7.27. The van der Waals surface area contributed by atoms with E-state index >= 15 is 0 Å². The summed E-state index contributed by atoms with van der Waals surface area (Å²) in [6.07, 6.45) is 0.723. The molecule has 128 valence electrons. The summed E-state index contributed by atoms with van der Waals surface area (Å²) in [5.41, 5.74) is 0.0798. The van der Waals surface area contributed by atoms with E-state index in [1.165, 1.54) is 32.4 Å². The molecule has 23 heavy (non-hydrogen) atoms. The lowest BCUT2D eigenvalue weighted by Crippen LogP contribution is -2.48. The van der Waals surface area contributed by atoms with Gasteiger partial charge in [0, 0.05) is 6.04 Å². The number of rotatable bonds is 5. The number of benzene rings is 1. The first-order chi connectivity index (χ1) is 10.9. The molecule has 0 aromatic heterocycles. The number of hydrogen-bond acceptors (Lipinski definition) is 6. The van der Waals surface area contributed by atoms with Gasteiger partial charge in [-0.15, -0.1) is 0 Å². The van der Waals surface area contributed by atoms with Gasteiger partial charge in [-0.05, 0) is 43.6 Å². The highest BCUT2D eigenvalue weighted by molar-refractivity contribution is 7.89. The van der Waals surface area contributed by atoms with Crippen LogP contribution in [0.3, 0.4) is 0 Å². The van der Waals surface area contributed by atoms with Gasteiger partial charge < -0.3 is 14.8 Å². The molecule has 2 N–H and O–H groups in total. The summed E-state index contributed by atoms with van der Waals surface area (Å²) >= 11 is 0. The second-order valence-electron chi connectivity index (χ2n) is 5.55. The van der Waals surface area contributed by atoms with E-state index in [4.69, 9.17) is 4.74 Å². The molecule has 1 aromatic carbocycles. The largest absolute Gasteiger partial charge is 0.496 e. The maximum atomic E-state index is 12.6. The monoisotopic (exact) mass is 342 g/mol. The molecule has 0 aliphatic carbocycles. The highest BCUT2D eigenvalue weighted by Crippen LogP contribution is 2.24. The summed E-state index contributed by atoms with van der Waals surface area (Å²) in [7, 11) is -1.08. The van der Waals surface area contributed by atoms with Gasteiger partial charge in [-0.1, -0.05) is 6.92 Å². The molecule has 1 heterocycles. The van der Waals surface area contributed by atoms with Crippen LogP contribution in [-0.2, 0) is 14.8 Å². The van der Waals surface area contributed by atoms with Gasteiger partial charge >= 0.3 is 5.97 Å². The number of carbonyl (C=O) groups is 1. The highest BCUT2D eigenvalue weighted by Gasteiger charge is 2.27. The van der Waals surface area contributed by atoms with Crippen molar-refractivity contribution >= 4 is 16.0 Å². The molecule has 0 saturated carbocycles. The number of sulfonamides is 1. The topological polar surface area (TPSA) is 93.7 Å². The number of hydrogen-bond donors (Lipinski definition) is 2. The number of carbonyl (C=O) groups excluding carboxylic acids is 1. The summed E-state index contributed by atoms with van der Waals surface area (Å²) in [5, 5.41) is 3.22. The lowest BCUT2D eigenvalue weighted by Gasteiger charge is -2.30. The van der Waals surface area contributed by atoms with Crippen LogP contribution in [0.4, 0.5) is 0 Å². The predicted molar refractivity (Wildman–Crippen MR) is 85.1 cm³/mol. The van der Waals surface area contributed by atoms with Gasteiger partial charge in [0.2, 0.25) is 10.0 Å². The van der Waals surface area contributed by atoms with Crippen molar-refractivity contribution < 1.29 is 22.7 Å². The molecule has 2 unspecified atom stereocenters. The smallest absolute Gasteiger partial charge is 0.341 e. The molecule has 8 heteroatoms. The van der Waals surface area contributed by atoms with Gasteiger partial charge in [-0.3, -0.25) is 0 Å². The minimum atomic E-state index is -3.72. The summed E-state index contributed by atoms with van der Waals surface area (Å²) in [5.74, 6) is -0.183. The van der Waals surface area contributed by atoms with Crippen LogP contribution in [0.15, 0.2) is 23.1 Å². The SMILES string of the molecule is COC(=O)c1cc(S(=O)(=O)NC2CCNCC2C)ccc1OC. The Labute approximate surface area is 136 Å². The van der Waals surface area contributed by atoms with Crippen molar-refractivity contribution in [3.05, 3.63) is 23.8 Å². The number of esters is 1. The standard InChI is InChI=1S/C15H22N2O5S/c1-10-9-16-7-6-13(10)17-23(19,20)11-4-5-14(21-2)12(8-11)15(18)22-3/h4-5,8,10,13,16-17H,6-7,9H2,1-3H3. The van der Waals surface area contributed by atoms with Crippen LogP contribution >= 0.6 is 0 Å². The van der Waals surface area contributed by atoms with Gasteiger partial charge in [-0.25, -0.2) is 17.9 Å². The first kappa shape index (κ1) is 17.7. The molecule has 0 bridgehead atoms. The fourth-order valence-corrected chi connectivity index (χ4v) is 3.99. The van der Waals surface area contributed by atoms with E-state index in [9.17, 15) is 13.2 Å². The van der Waals surface area contributed by atoms with E-state index in [0.717, 1.165) is 19.5 Å². The highest BCUT2D eigenvalue weighted by atomic mass is 32.2. The molecule has 1 aromatic rings. The average molecular weight is 342 g/mol. The minimum absolute atomic E-state index is 0.0180. The summed E-state index contributed by atoms with van der Waals surface area (Å²) < 4.78 is 37.6. The fourth-order valence-electron chi connectivity index (χ4n) is 2.58. The van der Waals surface area contributed by atoms with E-state index in [2.05, 4.69) is 14.8 Å². The summed E-state index contributed by atoms with van der Waals surface area (Å²) in [6.45, 7) is 3.53. The minimum Gasteiger partial charge on any atom is -0.496 e. The van der Waals surface area contributed by atoms with Crippen LogP contribution < -0.4 is 14.8 Å². The van der Waals surface area contributed by atoms with Gasteiger partial charge in [0.1, 0.15) is 11.3 Å². The van der Waals surface area contributed by atoms with Crippen LogP contribution in [-0.4, -0.2) is 47.7 Å². The third-order valence-corrected chi connectivity index (χ3v) is 5.47. The van der Waals surface area contributed by atoms with E-state index in [-0.39, 0.29) is 28.2 Å². The molecular weight excluding hydrogens is 320 g/mol. The molecule has 2 rings (SSSR count). The third kappa shape index (κ3) is 4.01. The van der Waals surface area contributed by atoms with Crippen molar-refractivity contribution in [2.45, 2.75) is 24.3 Å². The number of piperidine rings is 1. The van der Waals surface area contributed by atoms with E-state index in [0.29, 0.717) is 0 Å². The second kappa shape index (κ2) is 7.29. The van der Waals surface area contributed by atoms with Crippen molar-refractivity contribution in [3.8, 4) is 5.75 Å². The normalized spacial score (nSPS) is 21.7. The summed E-state index contributed by atoms with van der Waals surface area (Å²) in [4.78, 5) is 11.8. The molecule has 1 fully saturated rings. The Hall–Kier alpha value is -1.64. The number of methoxy groups -OCH3 is 2. The maximum Gasteiger partial charge on any atom is 0.341 e. The van der Waals surface area contributed by atoms with E-state index in [1.807, 2.05) is 6.92 Å². The molecule has 0 spiro atoms. The van der Waals surface area contributed by atoms with Crippen molar-refractivity contribution in [3.63, 3.8) is 0 Å². The van der Waals surface area contributed by atoms with Crippen molar-refractivity contribution in [1.29, 1.82) is 0 Å². The zero-order valence-electron chi connectivity index (χ0n) is 13.5. The molecule has 0 radical (unpaired) electrons. The van der Waals surface area contributed by atoms with Gasteiger partial charge in [-0.2, -0.15) is 0 Å². The molecule has 2 atom stereocenters. The van der Waals surface area contributed by atoms with Crippen LogP contribution in [0, 0.1) is 5.92 Å². The Morgan fingerprint density at radius 1 is 1.35 bits per heavy atom. The zero-order valence-corrected chi connectivity index (χ0v) is 14.3. The average Bonchev–Trinajstić information content (AvgIpc) is 2.55. The van der Waals surface area contributed by atoms with Crippen LogP contribution in [0.5, 0.6) is 5.75 Å². The fraction of sp³-hybridized carbons (Fsp3) is 0.533. The first-order valence-corrected chi connectivity index (χ1v) is 8.86. The molecule has 1 aliphatic rings. The molecule has 1 aliphatic heterocycles. The van der Waals surface area contributed by atoms with E-state index in [1.54, 1.807) is 0 Å². The van der Waals surface area contributed by atoms with Gasteiger partial charge in [0.15, 0.2) is 0 Å². The molecular formula is C15H22N2O5S. The van der Waals surface area contributed by atoms with Gasteiger partial charge in [0.05, 0.1) is 19.1 Å². The van der Waals surface area contributed by atoms with Crippen LogP contribution in [0.25, 0.3) is 0 Å². The van der Waals surface area contributed by atoms with E-state index < -0.39 is 16.0 Å². The van der Waals surface area contributed by atoms with Crippen molar-refractivity contribution in [1.82, 2.24) is 10.0 Å². The Kier molecular flexibility index (Phi) is 5.61. The Morgan fingerprint density at radius 2 is 2.09 bits per heavy atom. The summed E-state index contributed by atoms with van der Waals surface area (Å²) in [6, 6.07) is 4.01. The lowest BCUT2D eigenvalue weighted by atomic mass is 9.97. The molecule has 7 nitrogen and oxygen atoms in total. The maximum absolute atomic E-state index is 12.6. The van der Waals surface area contributed by atoms with Crippen LogP contribution in [0.2, 0.25) is 0 Å². The van der Waals surface area contributed by atoms with Crippen LogP contribution in [0.1, 0.15) is 23.7 Å².